The number of rotatable bonds is 6. The van der Waals surface area contributed by atoms with E-state index in [2.05, 4.69) is 11.6 Å². The van der Waals surface area contributed by atoms with Crippen molar-refractivity contribution in [1.29, 1.82) is 0 Å². The Balaban J connectivity index is 1.65. The van der Waals surface area contributed by atoms with Gasteiger partial charge in [0.05, 0.1) is 35.1 Å². The molecule has 2 N–H and O–H groups in total. The molecule has 7 atom stereocenters. The first-order valence-corrected chi connectivity index (χ1v) is 17.1. The van der Waals surface area contributed by atoms with Crippen LogP contribution in [0.5, 0.6) is 0 Å². The number of Topliss-reactive ketones (excluding diaryl/α,β-unsaturated/α-hetero) is 1. The van der Waals surface area contributed by atoms with Crippen LogP contribution in [-0.4, -0.2) is 71.5 Å². The number of ketones is 1. The Hall–Kier alpha value is -2.27. The number of amides is 2. The first kappa shape index (κ1) is 32.6. The summed E-state index contributed by atoms with van der Waals surface area (Å²) in [5.41, 5.74) is -1.92. The largest absolute Gasteiger partial charge is 0.460 e. The SMILES string of the molecule is CC[C@@H]1CC(C)CC/C=C\[C@@H]2C[C@@]2(C(=O)NS(=O)(=O)C2CC2)CC(=O)[C@@H]2C[C@@H](O)CN2C(=O)[C@H]1CC(=O)OC(C)(C)C. The highest BCUT2D eigenvalue weighted by Crippen LogP contribution is 2.57. The molecule has 0 aromatic rings. The maximum atomic E-state index is 14.2. The summed E-state index contributed by atoms with van der Waals surface area (Å²) in [6.45, 7) is 9.39. The van der Waals surface area contributed by atoms with Crippen LogP contribution in [-0.2, 0) is 33.9 Å². The van der Waals surface area contributed by atoms with E-state index in [9.17, 15) is 32.7 Å². The Kier molecular flexibility index (Phi) is 9.62. The lowest BCUT2D eigenvalue weighted by Crippen LogP contribution is -2.48. The van der Waals surface area contributed by atoms with Crippen molar-refractivity contribution in [1.82, 2.24) is 9.62 Å². The molecule has 42 heavy (non-hydrogen) atoms. The summed E-state index contributed by atoms with van der Waals surface area (Å²) >= 11 is 0. The summed E-state index contributed by atoms with van der Waals surface area (Å²) in [6.07, 6.45) is 7.03. The summed E-state index contributed by atoms with van der Waals surface area (Å²) in [7, 11) is -3.80. The predicted molar refractivity (Wildman–Crippen MR) is 156 cm³/mol. The smallest absolute Gasteiger partial charge is 0.307 e. The minimum absolute atomic E-state index is 0.0371. The summed E-state index contributed by atoms with van der Waals surface area (Å²) in [5, 5.41) is 10.0. The van der Waals surface area contributed by atoms with Gasteiger partial charge in [0.1, 0.15) is 5.60 Å². The third-order valence-corrected chi connectivity index (χ3v) is 11.1. The van der Waals surface area contributed by atoms with E-state index < -0.39 is 56.2 Å². The number of hydrogen-bond acceptors (Lipinski definition) is 8. The quantitative estimate of drug-likeness (QED) is 0.345. The summed E-state index contributed by atoms with van der Waals surface area (Å²) in [4.78, 5) is 55.9. The molecule has 0 bridgehead atoms. The zero-order valence-electron chi connectivity index (χ0n) is 25.6. The minimum atomic E-state index is -3.80. The molecule has 0 aromatic carbocycles. The highest BCUT2D eigenvalue weighted by molar-refractivity contribution is 7.90. The molecule has 4 aliphatic rings. The van der Waals surface area contributed by atoms with Gasteiger partial charge >= 0.3 is 5.97 Å². The maximum Gasteiger partial charge on any atom is 0.307 e. The van der Waals surface area contributed by atoms with Crippen LogP contribution in [0.4, 0.5) is 0 Å². The monoisotopic (exact) mass is 608 g/mol. The molecule has 2 amide bonds. The van der Waals surface area contributed by atoms with Crippen molar-refractivity contribution in [2.24, 2.45) is 29.1 Å². The number of ether oxygens (including phenoxy) is 1. The van der Waals surface area contributed by atoms with Gasteiger partial charge < -0.3 is 14.7 Å². The molecule has 236 valence electrons. The number of nitrogens with zero attached hydrogens (tertiary/aromatic N) is 1. The first-order valence-electron chi connectivity index (χ1n) is 15.5. The van der Waals surface area contributed by atoms with Crippen LogP contribution < -0.4 is 4.72 Å². The molecule has 1 saturated heterocycles. The van der Waals surface area contributed by atoms with Crippen LogP contribution in [0.1, 0.15) is 98.8 Å². The Labute approximate surface area is 250 Å². The second-order valence-electron chi connectivity index (χ2n) is 14.1. The Bertz CT molecular complexity index is 1200. The normalized spacial score (nSPS) is 35.3. The number of fused-ring (bicyclic) bond motifs is 2. The number of nitrogens with one attached hydrogen (secondary N) is 1. The van der Waals surface area contributed by atoms with E-state index in [0.717, 1.165) is 12.8 Å². The van der Waals surface area contributed by atoms with E-state index >= 15 is 0 Å². The minimum Gasteiger partial charge on any atom is -0.460 e. The highest BCUT2D eigenvalue weighted by atomic mass is 32.2. The number of aliphatic hydroxyl groups excluding tert-OH is 1. The lowest BCUT2D eigenvalue weighted by molar-refractivity contribution is -0.160. The average molecular weight is 609 g/mol. The molecule has 0 spiro atoms. The van der Waals surface area contributed by atoms with Gasteiger partial charge in [0, 0.05) is 19.4 Å². The fourth-order valence-corrected chi connectivity index (χ4v) is 8.12. The van der Waals surface area contributed by atoms with Gasteiger partial charge in [-0.25, -0.2) is 8.42 Å². The Morgan fingerprint density at radius 1 is 1.17 bits per heavy atom. The van der Waals surface area contributed by atoms with Crippen LogP contribution in [0.25, 0.3) is 0 Å². The molecule has 0 radical (unpaired) electrons. The third kappa shape index (κ3) is 7.62. The van der Waals surface area contributed by atoms with Crippen LogP contribution in [0, 0.1) is 29.1 Å². The van der Waals surface area contributed by atoms with E-state index in [1.165, 1.54) is 4.90 Å². The number of hydrogen-bond donors (Lipinski definition) is 2. The zero-order chi connectivity index (χ0) is 31.0. The molecule has 3 fully saturated rings. The van der Waals surface area contributed by atoms with Crippen molar-refractivity contribution in [2.75, 3.05) is 6.54 Å². The lowest BCUT2D eigenvalue weighted by Gasteiger charge is -2.33. The fourth-order valence-electron chi connectivity index (χ4n) is 6.74. The van der Waals surface area contributed by atoms with Gasteiger partial charge in [-0.1, -0.05) is 32.4 Å². The molecule has 2 aliphatic carbocycles. The van der Waals surface area contributed by atoms with Crippen LogP contribution >= 0.6 is 0 Å². The fraction of sp³-hybridized carbons (Fsp3) is 0.806. The number of esters is 1. The van der Waals surface area contributed by atoms with Crippen molar-refractivity contribution in [3.05, 3.63) is 12.2 Å². The molecule has 2 heterocycles. The van der Waals surface area contributed by atoms with Gasteiger partial charge in [0.2, 0.25) is 21.8 Å². The topological polar surface area (TPSA) is 147 Å². The predicted octanol–water partition coefficient (Wildman–Crippen LogP) is 3.27. The second-order valence-corrected chi connectivity index (χ2v) is 16.1. The van der Waals surface area contributed by atoms with Crippen molar-refractivity contribution in [3.63, 3.8) is 0 Å². The summed E-state index contributed by atoms with van der Waals surface area (Å²) < 4.78 is 33.0. The standard InChI is InChI=1S/C31H48N2O8S/c1-6-20-13-19(2)9-7-8-10-21-16-31(21,29(38)32-42(39,40)23-11-12-23)17-26(35)25-14-22(34)18-33(25)28(37)24(20)15-27(36)41-30(3,4)5/h8,10,19-25,34H,6-7,9,11-18H2,1-5H3,(H,32,38)/b10-8-/t19?,20-,21-,22-,24+,25+,31-/m1/s1. The van der Waals surface area contributed by atoms with Gasteiger partial charge in [-0.3, -0.25) is 23.9 Å². The summed E-state index contributed by atoms with van der Waals surface area (Å²) in [6, 6.07) is -0.955. The molecule has 0 aromatic heterocycles. The maximum absolute atomic E-state index is 14.2. The number of carbonyl (C=O) groups excluding carboxylic acids is 4. The summed E-state index contributed by atoms with van der Waals surface area (Å²) in [5.74, 6) is -2.76. The van der Waals surface area contributed by atoms with E-state index in [1.807, 2.05) is 19.1 Å². The van der Waals surface area contributed by atoms with Gasteiger partial charge in [-0.2, -0.15) is 0 Å². The second kappa shape index (κ2) is 12.4. The van der Waals surface area contributed by atoms with Crippen LogP contribution in [0.3, 0.4) is 0 Å². The van der Waals surface area contributed by atoms with Gasteiger partial charge in [-0.15, -0.1) is 0 Å². The van der Waals surface area contributed by atoms with Crippen molar-refractivity contribution in [2.45, 2.75) is 122 Å². The van der Waals surface area contributed by atoms with Crippen molar-refractivity contribution in [3.8, 4) is 0 Å². The highest BCUT2D eigenvalue weighted by Gasteiger charge is 2.61. The first-order chi connectivity index (χ1) is 19.6. The molecular weight excluding hydrogens is 560 g/mol. The molecule has 11 heteroatoms. The number of allylic oxidation sites excluding steroid dienone is 2. The van der Waals surface area contributed by atoms with Crippen LogP contribution in [0.2, 0.25) is 0 Å². The van der Waals surface area contributed by atoms with Crippen molar-refractivity contribution >= 4 is 33.6 Å². The third-order valence-electron chi connectivity index (χ3n) is 9.32. The number of sulfonamides is 1. The number of carbonyl (C=O) groups is 4. The molecule has 2 saturated carbocycles. The van der Waals surface area contributed by atoms with E-state index in [-0.39, 0.29) is 55.3 Å². The molecule has 4 rings (SSSR count). The van der Waals surface area contributed by atoms with E-state index in [0.29, 0.717) is 32.1 Å². The van der Waals surface area contributed by atoms with E-state index in [4.69, 9.17) is 4.74 Å². The zero-order valence-corrected chi connectivity index (χ0v) is 26.5. The van der Waals surface area contributed by atoms with Crippen LogP contribution in [0.15, 0.2) is 12.2 Å². The molecule has 2 aliphatic heterocycles. The lowest BCUT2D eigenvalue weighted by atomic mass is 9.79. The molecule has 1 unspecified atom stereocenters. The Morgan fingerprint density at radius 3 is 2.48 bits per heavy atom. The molecular formula is C31H48N2O8S. The van der Waals surface area contributed by atoms with Gasteiger partial charge in [0.15, 0.2) is 5.78 Å². The average Bonchev–Trinajstić information content (AvgIpc) is 3.80. The van der Waals surface area contributed by atoms with E-state index in [1.54, 1.807) is 20.8 Å². The number of aliphatic hydroxyl groups is 1. The van der Waals surface area contributed by atoms with Crippen molar-refractivity contribution < 1.29 is 37.4 Å². The van der Waals surface area contributed by atoms with Gasteiger partial charge in [0.25, 0.3) is 0 Å². The van der Waals surface area contributed by atoms with Gasteiger partial charge in [-0.05, 0) is 77.0 Å². The molecule has 10 nitrogen and oxygen atoms in total. The Morgan fingerprint density at radius 2 is 1.86 bits per heavy atom.